The Bertz CT molecular complexity index is 126. The van der Waals surface area contributed by atoms with Crippen molar-refractivity contribution in [1.29, 1.82) is 0 Å². The van der Waals surface area contributed by atoms with E-state index in [1.807, 2.05) is 13.8 Å². The van der Waals surface area contributed by atoms with E-state index in [9.17, 15) is 5.11 Å². The summed E-state index contributed by atoms with van der Waals surface area (Å²) in [6.45, 7) is 3.80. The number of rotatable bonds is 3. The van der Waals surface area contributed by atoms with Gasteiger partial charge in [0.05, 0.1) is 12.2 Å². The quantitative estimate of drug-likeness (QED) is 0.547. The Kier molecular flexibility index (Phi) is 1.99. The lowest BCUT2D eigenvalue weighted by molar-refractivity contribution is 0.0613. The SMILES string of the molecule is CC1OC1(C)C(O)CCO. The largest absolute Gasteiger partial charge is 0.396 e. The number of hydrogen-bond donors (Lipinski definition) is 2. The van der Waals surface area contributed by atoms with Crippen LogP contribution in [-0.4, -0.2) is 34.6 Å². The molecule has 3 nitrogen and oxygen atoms in total. The van der Waals surface area contributed by atoms with Crippen molar-refractivity contribution in [3.63, 3.8) is 0 Å². The van der Waals surface area contributed by atoms with Crippen LogP contribution in [0.15, 0.2) is 0 Å². The molecular formula is C7H14O3. The van der Waals surface area contributed by atoms with Crippen LogP contribution in [0.25, 0.3) is 0 Å². The molecule has 0 spiro atoms. The molecule has 3 heteroatoms. The zero-order valence-corrected chi connectivity index (χ0v) is 6.37. The Morgan fingerprint density at radius 3 is 2.50 bits per heavy atom. The maximum atomic E-state index is 9.33. The normalized spacial score (nSPS) is 41.4. The lowest BCUT2D eigenvalue weighted by atomic mass is 9.99. The summed E-state index contributed by atoms with van der Waals surface area (Å²) >= 11 is 0. The summed E-state index contributed by atoms with van der Waals surface area (Å²) in [5.41, 5.74) is -0.386. The standard InChI is InChI=1S/C7H14O3/c1-5-7(2,10-5)6(9)3-4-8/h5-6,8-9H,3-4H2,1-2H3. The molecule has 0 amide bonds. The van der Waals surface area contributed by atoms with Gasteiger partial charge in [-0.3, -0.25) is 0 Å². The van der Waals surface area contributed by atoms with E-state index >= 15 is 0 Å². The van der Waals surface area contributed by atoms with Crippen LogP contribution in [0.5, 0.6) is 0 Å². The fourth-order valence-electron chi connectivity index (χ4n) is 1.11. The second-order valence-electron chi connectivity index (χ2n) is 2.97. The molecule has 0 aromatic rings. The van der Waals surface area contributed by atoms with Gasteiger partial charge in [-0.25, -0.2) is 0 Å². The van der Waals surface area contributed by atoms with Gasteiger partial charge in [-0.1, -0.05) is 0 Å². The smallest absolute Gasteiger partial charge is 0.117 e. The van der Waals surface area contributed by atoms with Crippen LogP contribution in [0.2, 0.25) is 0 Å². The minimum Gasteiger partial charge on any atom is -0.396 e. The number of epoxide rings is 1. The lowest BCUT2D eigenvalue weighted by Crippen LogP contribution is -2.29. The Hall–Kier alpha value is -0.120. The first kappa shape index (κ1) is 7.98. The Morgan fingerprint density at radius 1 is 1.70 bits per heavy atom. The molecule has 2 N–H and O–H groups in total. The molecule has 0 saturated carbocycles. The summed E-state index contributed by atoms with van der Waals surface area (Å²) in [6.07, 6.45) is 0.0162. The number of aliphatic hydroxyl groups is 2. The second-order valence-corrected chi connectivity index (χ2v) is 2.97. The number of aliphatic hydroxyl groups excluding tert-OH is 2. The third kappa shape index (κ3) is 1.17. The van der Waals surface area contributed by atoms with E-state index in [0.29, 0.717) is 6.42 Å². The zero-order chi connectivity index (χ0) is 7.78. The molecule has 3 atom stereocenters. The molecule has 1 aliphatic rings. The van der Waals surface area contributed by atoms with Crippen LogP contribution in [0, 0.1) is 0 Å². The molecule has 0 bridgehead atoms. The average molecular weight is 146 g/mol. The van der Waals surface area contributed by atoms with Crippen molar-refractivity contribution in [3.05, 3.63) is 0 Å². The van der Waals surface area contributed by atoms with E-state index in [4.69, 9.17) is 9.84 Å². The molecule has 0 aromatic carbocycles. The number of hydrogen-bond acceptors (Lipinski definition) is 3. The third-order valence-corrected chi connectivity index (χ3v) is 2.24. The van der Waals surface area contributed by atoms with Crippen molar-refractivity contribution >= 4 is 0 Å². The summed E-state index contributed by atoms with van der Waals surface area (Å²) in [6, 6.07) is 0. The van der Waals surface area contributed by atoms with E-state index < -0.39 is 6.10 Å². The summed E-state index contributed by atoms with van der Waals surface area (Å²) < 4.78 is 5.16. The Morgan fingerprint density at radius 2 is 2.20 bits per heavy atom. The topological polar surface area (TPSA) is 53.0 Å². The minimum atomic E-state index is -0.521. The van der Waals surface area contributed by atoms with E-state index in [1.54, 1.807) is 0 Å². The maximum absolute atomic E-state index is 9.33. The van der Waals surface area contributed by atoms with Gasteiger partial charge in [0.25, 0.3) is 0 Å². The molecule has 1 fully saturated rings. The Balaban J connectivity index is 2.34. The highest BCUT2D eigenvalue weighted by Crippen LogP contribution is 2.39. The van der Waals surface area contributed by atoms with Crippen LogP contribution >= 0.6 is 0 Å². The molecule has 1 rings (SSSR count). The van der Waals surface area contributed by atoms with Gasteiger partial charge in [-0.05, 0) is 20.3 Å². The molecular weight excluding hydrogens is 132 g/mol. The highest BCUT2D eigenvalue weighted by molar-refractivity contribution is 5.01. The van der Waals surface area contributed by atoms with Crippen LogP contribution in [-0.2, 0) is 4.74 Å². The first-order chi connectivity index (χ1) is 4.61. The first-order valence-electron chi connectivity index (χ1n) is 3.58. The van der Waals surface area contributed by atoms with Crippen LogP contribution in [0.3, 0.4) is 0 Å². The number of ether oxygens (including phenoxy) is 1. The predicted molar refractivity (Wildman–Crippen MR) is 36.7 cm³/mol. The van der Waals surface area contributed by atoms with Gasteiger partial charge < -0.3 is 14.9 Å². The summed E-state index contributed by atoms with van der Waals surface area (Å²) in [4.78, 5) is 0. The van der Waals surface area contributed by atoms with E-state index in [-0.39, 0.29) is 18.3 Å². The Labute approximate surface area is 60.6 Å². The first-order valence-corrected chi connectivity index (χ1v) is 3.58. The molecule has 60 valence electrons. The van der Waals surface area contributed by atoms with Crippen LogP contribution in [0.4, 0.5) is 0 Å². The molecule has 0 aromatic heterocycles. The minimum absolute atomic E-state index is 0.0207. The van der Waals surface area contributed by atoms with Gasteiger partial charge >= 0.3 is 0 Å². The molecule has 1 aliphatic heterocycles. The fraction of sp³-hybridized carbons (Fsp3) is 1.00. The molecule has 3 unspecified atom stereocenters. The van der Waals surface area contributed by atoms with E-state index in [2.05, 4.69) is 0 Å². The molecule has 0 radical (unpaired) electrons. The molecule has 0 aliphatic carbocycles. The third-order valence-electron chi connectivity index (χ3n) is 2.24. The maximum Gasteiger partial charge on any atom is 0.117 e. The van der Waals surface area contributed by atoms with Gasteiger partial charge in [-0.15, -0.1) is 0 Å². The van der Waals surface area contributed by atoms with Crippen molar-refractivity contribution in [2.24, 2.45) is 0 Å². The second kappa shape index (κ2) is 2.49. The van der Waals surface area contributed by atoms with Crippen molar-refractivity contribution in [1.82, 2.24) is 0 Å². The van der Waals surface area contributed by atoms with Gasteiger partial charge in [0.15, 0.2) is 0 Å². The van der Waals surface area contributed by atoms with Gasteiger partial charge in [0.2, 0.25) is 0 Å². The zero-order valence-electron chi connectivity index (χ0n) is 6.37. The monoisotopic (exact) mass is 146 g/mol. The van der Waals surface area contributed by atoms with Gasteiger partial charge in [0.1, 0.15) is 5.60 Å². The lowest BCUT2D eigenvalue weighted by Gasteiger charge is -2.12. The van der Waals surface area contributed by atoms with Crippen molar-refractivity contribution in [2.75, 3.05) is 6.61 Å². The summed E-state index contributed by atoms with van der Waals surface area (Å²) in [5.74, 6) is 0. The fourth-order valence-corrected chi connectivity index (χ4v) is 1.11. The average Bonchev–Trinajstić information content (AvgIpc) is 2.43. The molecule has 1 saturated heterocycles. The van der Waals surface area contributed by atoms with E-state index in [0.717, 1.165) is 0 Å². The predicted octanol–water partition coefficient (Wildman–Crippen LogP) is -0.0929. The van der Waals surface area contributed by atoms with Gasteiger partial charge in [-0.2, -0.15) is 0 Å². The van der Waals surface area contributed by atoms with Crippen LogP contribution < -0.4 is 0 Å². The highest BCUT2D eigenvalue weighted by Gasteiger charge is 2.53. The molecule has 1 heterocycles. The molecule has 10 heavy (non-hydrogen) atoms. The van der Waals surface area contributed by atoms with Crippen molar-refractivity contribution in [2.45, 2.75) is 38.1 Å². The van der Waals surface area contributed by atoms with Crippen molar-refractivity contribution < 1.29 is 14.9 Å². The van der Waals surface area contributed by atoms with Crippen LogP contribution in [0.1, 0.15) is 20.3 Å². The summed E-state index contributed by atoms with van der Waals surface area (Å²) in [5, 5.41) is 17.8. The van der Waals surface area contributed by atoms with E-state index in [1.165, 1.54) is 0 Å². The van der Waals surface area contributed by atoms with Gasteiger partial charge in [0, 0.05) is 6.61 Å². The highest BCUT2D eigenvalue weighted by atomic mass is 16.6. The van der Waals surface area contributed by atoms with Crippen molar-refractivity contribution in [3.8, 4) is 0 Å². The summed E-state index contributed by atoms with van der Waals surface area (Å²) in [7, 11) is 0.